The molecule has 1 N–H and O–H groups in total. The Morgan fingerprint density at radius 3 is 2.64 bits per heavy atom. The van der Waals surface area contributed by atoms with Gasteiger partial charge in [0.1, 0.15) is 15.9 Å². The SMILES string of the molecule is CCCOC(=O)c1ccc(NS(=O)(=O)c2cccc3nsnc23)cc1. The van der Waals surface area contributed by atoms with Crippen molar-refractivity contribution in [1.29, 1.82) is 0 Å². The third-order valence-electron chi connectivity index (χ3n) is 3.35. The van der Waals surface area contributed by atoms with E-state index in [9.17, 15) is 13.2 Å². The van der Waals surface area contributed by atoms with Gasteiger partial charge in [0.25, 0.3) is 10.0 Å². The summed E-state index contributed by atoms with van der Waals surface area (Å²) >= 11 is 0.957. The van der Waals surface area contributed by atoms with E-state index in [-0.39, 0.29) is 4.90 Å². The van der Waals surface area contributed by atoms with Crippen LogP contribution in [-0.2, 0) is 14.8 Å². The van der Waals surface area contributed by atoms with Crippen molar-refractivity contribution >= 4 is 44.4 Å². The van der Waals surface area contributed by atoms with Gasteiger partial charge < -0.3 is 4.74 Å². The first-order chi connectivity index (χ1) is 12.0. The molecule has 1 aromatic heterocycles. The molecule has 1 heterocycles. The van der Waals surface area contributed by atoms with Gasteiger partial charge >= 0.3 is 5.97 Å². The molecule has 3 aromatic rings. The highest BCUT2D eigenvalue weighted by molar-refractivity contribution is 7.93. The third-order valence-corrected chi connectivity index (χ3v) is 5.30. The third kappa shape index (κ3) is 3.77. The second-order valence-corrected chi connectivity index (χ2v) is 7.39. The molecule has 0 bridgehead atoms. The van der Waals surface area contributed by atoms with Crippen LogP contribution in [0.25, 0.3) is 11.0 Å². The fourth-order valence-electron chi connectivity index (χ4n) is 2.16. The second kappa shape index (κ2) is 7.16. The van der Waals surface area contributed by atoms with Crippen molar-refractivity contribution in [2.45, 2.75) is 18.2 Å². The Labute approximate surface area is 149 Å². The van der Waals surface area contributed by atoms with Crippen molar-refractivity contribution < 1.29 is 17.9 Å². The zero-order chi connectivity index (χ0) is 17.9. The van der Waals surface area contributed by atoms with Gasteiger partial charge in [-0.15, -0.1) is 0 Å². The number of aromatic nitrogens is 2. The molecule has 25 heavy (non-hydrogen) atoms. The van der Waals surface area contributed by atoms with E-state index in [1.54, 1.807) is 12.1 Å². The minimum Gasteiger partial charge on any atom is -0.462 e. The number of esters is 1. The minimum atomic E-state index is -3.82. The Balaban J connectivity index is 1.82. The zero-order valence-electron chi connectivity index (χ0n) is 13.3. The Morgan fingerprint density at radius 1 is 1.16 bits per heavy atom. The number of hydrogen-bond acceptors (Lipinski definition) is 7. The van der Waals surface area contributed by atoms with Gasteiger partial charge in [-0.1, -0.05) is 13.0 Å². The summed E-state index contributed by atoms with van der Waals surface area (Å²) in [5.41, 5.74) is 1.57. The van der Waals surface area contributed by atoms with E-state index in [2.05, 4.69) is 13.5 Å². The van der Waals surface area contributed by atoms with Crippen molar-refractivity contribution in [3.8, 4) is 0 Å². The molecule has 9 heteroatoms. The fraction of sp³-hybridized carbons (Fsp3) is 0.188. The highest BCUT2D eigenvalue weighted by Crippen LogP contribution is 2.23. The molecule has 0 amide bonds. The van der Waals surface area contributed by atoms with Gasteiger partial charge in [-0.3, -0.25) is 4.72 Å². The predicted molar refractivity (Wildman–Crippen MR) is 95.2 cm³/mol. The molecule has 0 fully saturated rings. The van der Waals surface area contributed by atoms with Crippen LogP contribution in [0.3, 0.4) is 0 Å². The molecule has 0 atom stereocenters. The Kier molecular flexibility index (Phi) is 4.95. The van der Waals surface area contributed by atoms with Crippen molar-refractivity contribution in [3.63, 3.8) is 0 Å². The molecule has 7 nitrogen and oxygen atoms in total. The smallest absolute Gasteiger partial charge is 0.338 e. The lowest BCUT2D eigenvalue weighted by molar-refractivity contribution is 0.0505. The number of benzene rings is 2. The zero-order valence-corrected chi connectivity index (χ0v) is 14.9. The molecule has 3 rings (SSSR count). The topological polar surface area (TPSA) is 98.2 Å². The summed E-state index contributed by atoms with van der Waals surface area (Å²) in [6, 6.07) is 10.9. The van der Waals surface area contributed by atoms with E-state index in [0.29, 0.717) is 28.9 Å². The Morgan fingerprint density at radius 2 is 1.92 bits per heavy atom. The van der Waals surface area contributed by atoms with E-state index in [1.165, 1.54) is 30.3 Å². The minimum absolute atomic E-state index is 0.0604. The van der Waals surface area contributed by atoms with Crippen LogP contribution in [0.1, 0.15) is 23.7 Å². The first kappa shape index (κ1) is 17.3. The lowest BCUT2D eigenvalue weighted by atomic mass is 10.2. The summed E-state index contributed by atoms with van der Waals surface area (Å²) in [7, 11) is -3.82. The Bertz CT molecular complexity index is 998. The maximum absolute atomic E-state index is 12.6. The largest absolute Gasteiger partial charge is 0.462 e. The summed E-state index contributed by atoms with van der Waals surface area (Å²) in [6.07, 6.45) is 0.737. The van der Waals surface area contributed by atoms with Gasteiger partial charge in [-0.2, -0.15) is 8.75 Å². The number of nitrogens with one attached hydrogen (secondary N) is 1. The van der Waals surface area contributed by atoms with Gasteiger partial charge in [-0.25, -0.2) is 13.2 Å². The lowest BCUT2D eigenvalue weighted by Gasteiger charge is -2.09. The van der Waals surface area contributed by atoms with E-state index in [1.807, 2.05) is 6.92 Å². The standard InChI is InChI=1S/C16H15N3O4S2/c1-2-10-23-16(20)11-6-8-12(9-7-11)19-25(21,22)14-5-3-4-13-15(14)18-24-17-13/h3-9,19H,2,10H2,1H3. The predicted octanol–water partition coefficient (Wildman–Crippen LogP) is 3.06. The van der Waals surface area contributed by atoms with Gasteiger partial charge in [-0.05, 0) is 42.8 Å². The molecular weight excluding hydrogens is 362 g/mol. The number of fused-ring (bicyclic) bond motifs is 1. The van der Waals surface area contributed by atoms with Crippen LogP contribution in [0.5, 0.6) is 0 Å². The van der Waals surface area contributed by atoms with Crippen LogP contribution in [0, 0.1) is 0 Å². The Hall–Kier alpha value is -2.52. The molecule has 130 valence electrons. The molecule has 0 aliphatic heterocycles. The van der Waals surface area contributed by atoms with Crippen molar-refractivity contribution in [2.24, 2.45) is 0 Å². The van der Waals surface area contributed by atoms with Gasteiger partial charge in [0.15, 0.2) is 0 Å². The number of carbonyl (C=O) groups excluding carboxylic acids is 1. The number of anilines is 1. The molecule has 0 unspecified atom stereocenters. The van der Waals surface area contributed by atoms with Crippen molar-refractivity contribution in [3.05, 3.63) is 48.0 Å². The van der Waals surface area contributed by atoms with Crippen LogP contribution in [0.4, 0.5) is 5.69 Å². The maximum atomic E-state index is 12.6. The van der Waals surface area contributed by atoms with Crippen LogP contribution in [-0.4, -0.2) is 29.7 Å². The highest BCUT2D eigenvalue weighted by Gasteiger charge is 2.19. The molecule has 0 aliphatic carbocycles. The van der Waals surface area contributed by atoms with Crippen LogP contribution in [0.2, 0.25) is 0 Å². The van der Waals surface area contributed by atoms with Crippen molar-refractivity contribution in [2.75, 3.05) is 11.3 Å². The monoisotopic (exact) mass is 377 g/mol. The average molecular weight is 377 g/mol. The van der Waals surface area contributed by atoms with E-state index < -0.39 is 16.0 Å². The normalized spacial score (nSPS) is 11.4. The number of carbonyl (C=O) groups is 1. The second-order valence-electron chi connectivity index (χ2n) is 5.21. The van der Waals surface area contributed by atoms with Gasteiger partial charge in [0.05, 0.1) is 23.9 Å². The summed E-state index contributed by atoms with van der Waals surface area (Å²) in [6.45, 7) is 2.25. The quantitative estimate of drug-likeness (QED) is 0.663. The van der Waals surface area contributed by atoms with E-state index in [4.69, 9.17) is 4.74 Å². The summed E-state index contributed by atoms with van der Waals surface area (Å²) in [4.78, 5) is 11.8. The molecule has 0 radical (unpaired) electrons. The van der Waals surface area contributed by atoms with Gasteiger partial charge in [0, 0.05) is 5.69 Å². The number of ether oxygens (including phenoxy) is 1. The maximum Gasteiger partial charge on any atom is 0.338 e. The number of sulfonamides is 1. The van der Waals surface area contributed by atoms with Gasteiger partial charge in [0.2, 0.25) is 0 Å². The molecule has 2 aromatic carbocycles. The molecule has 0 saturated heterocycles. The number of hydrogen-bond donors (Lipinski definition) is 1. The van der Waals surface area contributed by atoms with Crippen LogP contribution < -0.4 is 4.72 Å². The summed E-state index contributed by atoms with van der Waals surface area (Å²) in [5.74, 6) is -0.436. The van der Waals surface area contributed by atoms with Crippen LogP contribution >= 0.6 is 11.7 Å². The first-order valence-corrected chi connectivity index (χ1v) is 9.74. The molecule has 0 saturated carbocycles. The fourth-order valence-corrected chi connectivity index (χ4v) is 3.99. The molecule has 0 spiro atoms. The number of rotatable bonds is 6. The summed E-state index contributed by atoms with van der Waals surface area (Å²) in [5, 5.41) is 0. The van der Waals surface area contributed by atoms with E-state index in [0.717, 1.165) is 18.1 Å². The van der Waals surface area contributed by atoms with E-state index >= 15 is 0 Å². The lowest BCUT2D eigenvalue weighted by Crippen LogP contribution is -2.13. The number of nitrogens with zero attached hydrogens (tertiary/aromatic N) is 2. The first-order valence-electron chi connectivity index (χ1n) is 7.52. The average Bonchev–Trinajstić information content (AvgIpc) is 3.08. The van der Waals surface area contributed by atoms with Crippen LogP contribution in [0.15, 0.2) is 47.4 Å². The highest BCUT2D eigenvalue weighted by atomic mass is 32.2. The summed E-state index contributed by atoms with van der Waals surface area (Å²) < 4.78 is 40.8. The molecular formula is C16H15N3O4S2. The van der Waals surface area contributed by atoms with Crippen molar-refractivity contribution in [1.82, 2.24) is 8.75 Å². The molecule has 0 aliphatic rings.